The highest BCUT2D eigenvalue weighted by atomic mass is 79.9. The summed E-state index contributed by atoms with van der Waals surface area (Å²) in [6, 6.07) is 9.69. The molecule has 0 atom stereocenters. The number of rotatable bonds is 3. The maximum atomic E-state index is 12.1. The summed E-state index contributed by atoms with van der Waals surface area (Å²) in [6.45, 7) is 3.91. The first-order valence-electron chi connectivity index (χ1n) is 7.37. The van der Waals surface area contributed by atoms with Crippen LogP contribution in [0.15, 0.2) is 41.0 Å². The number of halogens is 1. The Morgan fingerprint density at radius 3 is 2.71 bits per heavy atom. The van der Waals surface area contributed by atoms with Crippen molar-refractivity contribution in [2.75, 3.05) is 12.4 Å². The number of carbonyl (C=O) groups excluding carboxylic acids is 1. The number of pyridine rings is 2. The molecule has 2 heterocycles. The molecule has 0 aliphatic carbocycles. The number of hydrogen-bond donors (Lipinski definition) is 1. The summed E-state index contributed by atoms with van der Waals surface area (Å²) >= 11 is 3.49. The van der Waals surface area contributed by atoms with Gasteiger partial charge in [0.25, 0.3) is 0 Å². The highest BCUT2D eigenvalue weighted by molar-refractivity contribution is 9.10. The number of benzene rings is 1. The van der Waals surface area contributed by atoms with E-state index in [2.05, 4.69) is 31.2 Å². The van der Waals surface area contributed by atoms with E-state index in [1.807, 2.05) is 44.2 Å². The fourth-order valence-electron chi connectivity index (χ4n) is 2.44. The van der Waals surface area contributed by atoms with Gasteiger partial charge in [-0.3, -0.25) is 0 Å². The third-order valence-electron chi connectivity index (χ3n) is 3.70. The predicted molar refractivity (Wildman–Crippen MR) is 97.8 cm³/mol. The number of anilines is 2. The van der Waals surface area contributed by atoms with E-state index in [0.717, 1.165) is 26.8 Å². The Morgan fingerprint density at radius 1 is 1.21 bits per heavy atom. The molecule has 5 nitrogen and oxygen atoms in total. The highest BCUT2D eigenvalue weighted by Crippen LogP contribution is 2.30. The minimum atomic E-state index is -0.443. The molecule has 0 saturated heterocycles. The van der Waals surface area contributed by atoms with Gasteiger partial charge in [-0.1, -0.05) is 15.9 Å². The van der Waals surface area contributed by atoms with Gasteiger partial charge in [0, 0.05) is 27.4 Å². The number of fused-ring (bicyclic) bond motifs is 1. The van der Waals surface area contributed by atoms with E-state index in [0.29, 0.717) is 16.9 Å². The van der Waals surface area contributed by atoms with Gasteiger partial charge in [-0.2, -0.15) is 0 Å². The molecule has 2 aromatic heterocycles. The lowest BCUT2D eigenvalue weighted by atomic mass is 10.1. The molecule has 0 unspecified atom stereocenters. The molecule has 1 aromatic carbocycles. The predicted octanol–water partition coefficient (Wildman–Crippen LogP) is 4.54. The highest BCUT2D eigenvalue weighted by Gasteiger charge is 2.17. The van der Waals surface area contributed by atoms with E-state index < -0.39 is 5.97 Å². The smallest absolute Gasteiger partial charge is 0.341 e. The quantitative estimate of drug-likeness (QED) is 0.670. The lowest BCUT2D eigenvalue weighted by Gasteiger charge is -2.14. The van der Waals surface area contributed by atoms with Crippen LogP contribution in [0.25, 0.3) is 11.0 Å². The van der Waals surface area contributed by atoms with Gasteiger partial charge in [-0.15, -0.1) is 0 Å². The van der Waals surface area contributed by atoms with Crippen molar-refractivity contribution in [1.82, 2.24) is 9.97 Å². The van der Waals surface area contributed by atoms with Crippen LogP contribution in [0.5, 0.6) is 0 Å². The number of carbonyl (C=O) groups is 1. The normalized spacial score (nSPS) is 10.7. The maximum Gasteiger partial charge on any atom is 0.341 e. The Bertz CT molecular complexity index is 941. The molecular formula is C18H16BrN3O2. The number of nitrogens with zero attached hydrogens (tertiary/aromatic N) is 2. The summed E-state index contributed by atoms with van der Waals surface area (Å²) in [5, 5.41) is 4.08. The molecule has 0 saturated carbocycles. The first-order chi connectivity index (χ1) is 11.5. The van der Waals surface area contributed by atoms with Crippen molar-refractivity contribution < 1.29 is 9.53 Å². The van der Waals surface area contributed by atoms with Crippen molar-refractivity contribution in [3.8, 4) is 0 Å². The second-order valence-corrected chi connectivity index (χ2v) is 6.31. The fourth-order valence-corrected chi connectivity index (χ4v) is 2.68. The second-order valence-electron chi connectivity index (χ2n) is 5.45. The zero-order valence-electron chi connectivity index (χ0n) is 13.6. The van der Waals surface area contributed by atoms with Crippen molar-refractivity contribution in [1.29, 1.82) is 0 Å². The summed E-state index contributed by atoms with van der Waals surface area (Å²) < 4.78 is 5.91. The van der Waals surface area contributed by atoms with Crippen LogP contribution in [-0.4, -0.2) is 23.0 Å². The Labute approximate surface area is 148 Å². The van der Waals surface area contributed by atoms with E-state index in [4.69, 9.17) is 4.74 Å². The maximum absolute atomic E-state index is 12.1. The van der Waals surface area contributed by atoms with Crippen LogP contribution in [0.4, 0.5) is 11.4 Å². The fraction of sp³-hybridized carbons (Fsp3) is 0.167. The van der Waals surface area contributed by atoms with Gasteiger partial charge in [0.05, 0.1) is 12.8 Å². The van der Waals surface area contributed by atoms with Crippen molar-refractivity contribution in [3.63, 3.8) is 0 Å². The van der Waals surface area contributed by atoms with Crippen LogP contribution in [0.1, 0.15) is 21.6 Å². The number of aromatic nitrogens is 2. The van der Waals surface area contributed by atoms with E-state index in [1.54, 1.807) is 0 Å². The monoisotopic (exact) mass is 385 g/mol. The summed E-state index contributed by atoms with van der Waals surface area (Å²) in [7, 11) is 1.35. The van der Waals surface area contributed by atoms with E-state index >= 15 is 0 Å². The standard InChI is InChI=1S/C18H16BrN3O2/c1-10-8-12(5-7-15(10)19)22-16-13-6-4-11(2)21-17(13)20-9-14(16)18(23)24-3/h4-9H,1-3H3,(H,20,21,22). The topological polar surface area (TPSA) is 64.1 Å². The van der Waals surface area contributed by atoms with Crippen molar-refractivity contribution >= 4 is 44.3 Å². The molecule has 24 heavy (non-hydrogen) atoms. The average molecular weight is 386 g/mol. The first kappa shape index (κ1) is 16.4. The summed E-state index contributed by atoms with van der Waals surface area (Å²) in [6.07, 6.45) is 1.49. The molecular weight excluding hydrogens is 370 g/mol. The number of hydrogen-bond acceptors (Lipinski definition) is 5. The van der Waals surface area contributed by atoms with Gasteiger partial charge in [0.15, 0.2) is 5.65 Å². The third-order valence-corrected chi connectivity index (χ3v) is 4.59. The van der Waals surface area contributed by atoms with Gasteiger partial charge in [0.2, 0.25) is 0 Å². The Kier molecular flexibility index (Phi) is 4.49. The number of aryl methyl sites for hydroxylation is 2. The zero-order chi connectivity index (χ0) is 17.3. The number of esters is 1. The van der Waals surface area contributed by atoms with Gasteiger partial charge < -0.3 is 10.1 Å². The van der Waals surface area contributed by atoms with Gasteiger partial charge in [-0.25, -0.2) is 14.8 Å². The zero-order valence-corrected chi connectivity index (χ0v) is 15.1. The third kappa shape index (κ3) is 3.10. The molecule has 0 aliphatic rings. The molecule has 122 valence electrons. The van der Waals surface area contributed by atoms with Crippen LogP contribution in [0.2, 0.25) is 0 Å². The summed E-state index contributed by atoms with van der Waals surface area (Å²) in [5.74, 6) is -0.443. The SMILES string of the molecule is COC(=O)c1cnc2nc(C)ccc2c1Nc1ccc(Br)c(C)c1. The number of nitrogens with one attached hydrogen (secondary N) is 1. The van der Waals surface area contributed by atoms with Gasteiger partial charge in [0.1, 0.15) is 5.56 Å². The largest absolute Gasteiger partial charge is 0.465 e. The molecule has 3 aromatic rings. The van der Waals surface area contributed by atoms with E-state index in [1.165, 1.54) is 13.3 Å². The molecule has 0 fully saturated rings. The first-order valence-corrected chi connectivity index (χ1v) is 8.16. The van der Waals surface area contributed by atoms with Crippen molar-refractivity contribution in [2.24, 2.45) is 0 Å². The minimum absolute atomic E-state index is 0.372. The molecule has 0 radical (unpaired) electrons. The molecule has 6 heteroatoms. The Morgan fingerprint density at radius 2 is 2.00 bits per heavy atom. The minimum Gasteiger partial charge on any atom is -0.465 e. The molecule has 0 spiro atoms. The van der Waals surface area contributed by atoms with Crippen LogP contribution in [0, 0.1) is 13.8 Å². The van der Waals surface area contributed by atoms with Gasteiger partial charge >= 0.3 is 5.97 Å². The summed E-state index contributed by atoms with van der Waals surface area (Å²) in [5.41, 5.74) is 4.42. The van der Waals surface area contributed by atoms with Crippen LogP contribution in [0.3, 0.4) is 0 Å². The molecule has 0 bridgehead atoms. The summed E-state index contributed by atoms with van der Waals surface area (Å²) in [4.78, 5) is 20.8. The lowest BCUT2D eigenvalue weighted by molar-refractivity contribution is 0.0601. The van der Waals surface area contributed by atoms with Crippen molar-refractivity contribution in [2.45, 2.75) is 13.8 Å². The van der Waals surface area contributed by atoms with Crippen LogP contribution in [-0.2, 0) is 4.74 Å². The van der Waals surface area contributed by atoms with E-state index in [-0.39, 0.29) is 0 Å². The second kappa shape index (κ2) is 6.57. The lowest BCUT2D eigenvalue weighted by Crippen LogP contribution is -2.08. The Hall–Kier alpha value is -2.47. The number of ether oxygens (including phenoxy) is 1. The molecule has 1 N–H and O–H groups in total. The van der Waals surface area contributed by atoms with Crippen molar-refractivity contribution in [3.05, 3.63) is 57.8 Å². The molecule has 3 rings (SSSR count). The molecule has 0 aliphatic heterocycles. The van der Waals surface area contributed by atoms with Crippen LogP contribution >= 0.6 is 15.9 Å². The molecule has 0 amide bonds. The van der Waals surface area contributed by atoms with E-state index in [9.17, 15) is 4.79 Å². The Balaban J connectivity index is 2.18. The average Bonchev–Trinajstić information content (AvgIpc) is 2.57. The number of methoxy groups -OCH3 is 1. The van der Waals surface area contributed by atoms with Gasteiger partial charge in [-0.05, 0) is 49.7 Å². The van der Waals surface area contributed by atoms with Crippen LogP contribution < -0.4 is 5.32 Å².